The van der Waals surface area contributed by atoms with Crippen molar-refractivity contribution in [3.63, 3.8) is 0 Å². The van der Waals surface area contributed by atoms with Gasteiger partial charge in [-0.25, -0.2) is 9.18 Å². The van der Waals surface area contributed by atoms with E-state index in [-0.39, 0.29) is 12.4 Å². The number of nitrogens with one attached hydrogen (secondary N) is 1. The first-order chi connectivity index (χ1) is 12.8. The van der Waals surface area contributed by atoms with Gasteiger partial charge in [0.05, 0.1) is 0 Å². The van der Waals surface area contributed by atoms with E-state index >= 15 is 0 Å². The molecule has 0 aliphatic heterocycles. The summed E-state index contributed by atoms with van der Waals surface area (Å²) in [6.45, 7) is 5.48. The lowest BCUT2D eigenvalue weighted by Crippen LogP contribution is -2.37. The molecule has 0 heterocycles. The van der Waals surface area contributed by atoms with Crippen molar-refractivity contribution in [2.75, 3.05) is 13.2 Å². The second-order valence-corrected chi connectivity index (χ2v) is 6.41. The van der Waals surface area contributed by atoms with Crippen molar-refractivity contribution in [1.82, 2.24) is 5.32 Å². The topological polar surface area (TPSA) is 64.6 Å². The van der Waals surface area contributed by atoms with Gasteiger partial charge in [0.2, 0.25) is 0 Å². The Bertz CT molecular complexity index is 769. The minimum absolute atomic E-state index is 0.268. The highest BCUT2D eigenvalue weighted by Crippen LogP contribution is 2.16. The molecule has 2 aromatic rings. The van der Waals surface area contributed by atoms with E-state index in [1.54, 1.807) is 12.1 Å². The second-order valence-electron chi connectivity index (χ2n) is 6.41. The average molecular weight is 373 g/mol. The molecular weight excluding hydrogens is 349 g/mol. The second kappa shape index (κ2) is 9.71. The zero-order valence-corrected chi connectivity index (χ0v) is 15.8. The molecule has 0 spiro atoms. The van der Waals surface area contributed by atoms with Crippen LogP contribution in [0.5, 0.6) is 5.75 Å². The van der Waals surface area contributed by atoms with Crippen LogP contribution in [-0.2, 0) is 20.7 Å². The first kappa shape index (κ1) is 20.4. The van der Waals surface area contributed by atoms with Gasteiger partial charge in [-0.05, 0) is 68.1 Å². The number of hydrogen-bond donors (Lipinski definition) is 1. The van der Waals surface area contributed by atoms with Crippen molar-refractivity contribution in [3.8, 4) is 5.75 Å². The van der Waals surface area contributed by atoms with Crippen molar-refractivity contribution >= 4 is 11.9 Å². The van der Waals surface area contributed by atoms with E-state index in [2.05, 4.69) is 5.32 Å². The molecule has 1 atom stereocenters. The third kappa shape index (κ3) is 7.09. The van der Waals surface area contributed by atoms with E-state index in [0.29, 0.717) is 18.7 Å². The van der Waals surface area contributed by atoms with Crippen molar-refractivity contribution in [3.05, 3.63) is 65.0 Å². The van der Waals surface area contributed by atoms with Gasteiger partial charge in [-0.15, -0.1) is 0 Å². The predicted molar refractivity (Wildman–Crippen MR) is 100 cm³/mol. The number of hydrogen-bond acceptors (Lipinski definition) is 4. The molecule has 2 rings (SSSR count). The van der Waals surface area contributed by atoms with Gasteiger partial charge in [0.25, 0.3) is 5.91 Å². The van der Waals surface area contributed by atoms with Crippen LogP contribution >= 0.6 is 0 Å². The van der Waals surface area contributed by atoms with Crippen molar-refractivity contribution < 1.29 is 23.5 Å². The normalized spacial score (nSPS) is 11.6. The van der Waals surface area contributed by atoms with Crippen LogP contribution < -0.4 is 10.1 Å². The fourth-order valence-electron chi connectivity index (χ4n) is 2.57. The third-order valence-electron chi connectivity index (χ3n) is 3.86. The molecule has 0 fully saturated rings. The summed E-state index contributed by atoms with van der Waals surface area (Å²) in [4.78, 5) is 23.9. The predicted octanol–water partition coefficient (Wildman–Crippen LogP) is 3.11. The van der Waals surface area contributed by atoms with E-state index in [4.69, 9.17) is 9.47 Å². The molecule has 5 nitrogen and oxygen atoms in total. The van der Waals surface area contributed by atoms with Gasteiger partial charge in [0, 0.05) is 6.54 Å². The highest BCUT2D eigenvalue weighted by molar-refractivity contribution is 5.83. The average Bonchev–Trinajstić information content (AvgIpc) is 2.60. The van der Waals surface area contributed by atoms with Crippen LogP contribution in [0, 0.1) is 19.7 Å². The summed E-state index contributed by atoms with van der Waals surface area (Å²) in [6.07, 6.45) is -0.365. The first-order valence-corrected chi connectivity index (χ1v) is 8.76. The summed E-state index contributed by atoms with van der Waals surface area (Å²) < 4.78 is 23.4. The first-order valence-electron chi connectivity index (χ1n) is 8.76. The van der Waals surface area contributed by atoms with Crippen LogP contribution in [0.15, 0.2) is 42.5 Å². The molecule has 1 amide bonds. The lowest BCUT2D eigenvalue weighted by atomic mass is 10.1. The van der Waals surface area contributed by atoms with Crippen LogP contribution in [0.1, 0.15) is 23.6 Å². The Hall–Kier alpha value is -2.89. The standard InChI is InChI=1S/C21H24FNO4/c1-14-10-15(2)12-19(11-14)26-13-20(24)27-16(3)21(25)23-9-8-17-4-6-18(22)7-5-17/h4-7,10-12,16H,8-9,13H2,1-3H3,(H,23,25)/t16-/m1/s1. The lowest BCUT2D eigenvalue weighted by molar-refractivity contribution is -0.156. The van der Waals surface area contributed by atoms with Gasteiger partial charge in [-0.1, -0.05) is 18.2 Å². The van der Waals surface area contributed by atoms with Gasteiger partial charge in [0.15, 0.2) is 12.7 Å². The molecule has 2 aromatic carbocycles. The Labute approximate surface area is 158 Å². The lowest BCUT2D eigenvalue weighted by Gasteiger charge is -2.14. The van der Waals surface area contributed by atoms with Gasteiger partial charge < -0.3 is 14.8 Å². The van der Waals surface area contributed by atoms with Gasteiger partial charge >= 0.3 is 5.97 Å². The molecule has 0 aliphatic carbocycles. The van der Waals surface area contributed by atoms with E-state index in [1.165, 1.54) is 19.1 Å². The molecule has 0 saturated carbocycles. The van der Waals surface area contributed by atoms with E-state index in [9.17, 15) is 14.0 Å². The van der Waals surface area contributed by atoms with Gasteiger partial charge in [-0.3, -0.25) is 4.79 Å². The monoisotopic (exact) mass is 373 g/mol. The Morgan fingerprint density at radius 2 is 1.70 bits per heavy atom. The molecule has 1 N–H and O–H groups in total. The van der Waals surface area contributed by atoms with E-state index in [0.717, 1.165) is 16.7 Å². The summed E-state index contributed by atoms with van der Waals surface area (Å²) in [5, 5.41) is 2.69. The van der Waals surface area contributed by atoms with Gasteiger partial charge in [0.1, 0.15) is 11.6 Å². The highest BCUT2D eigenvalue weighted by Gasteiger charge is 2.17. The number of benzene rings is 2. The molecule has 0 bridgehead atoms. The van der Waals surface area contributed by atoms with Crippen LogP contribution in [0.2, 0.25) is 0 Å². The number of halogens is 1. The number of ether oxygens (including phenoxy) is 2. The van der Waals surface area contributed by atoms with Crippen molar-refractivity contribution in [2.45, 2.75) is 33.3 Å². The van der Waals surface area contributed by atoms with Crippen molar-refractivity contribution in [2.24, 2.45) is 0 Å². The van der Waals surface area contributed by atoms with Crippen LogP contribution in [0.3, 0.4) is 0 Å². The zero-order chi connectivity index (χ0) is 19.8. The smallest absolute Gasteiger partial charge is 0.344 e. The molecule has 27 heavy (non-hydrogen) atoms. The zero-order valence-electron chi connectivity index (χ0n) is 15.8. The van der Waals surface area contributed by atoms with Crippen LogP contribution in [0.25, 0.3) is 0 Å². The Morgan fingerprint density at radius 1 is 1.07 bits per heavy atom. The SMILES string of the molecule is Cc1cc(C)cc(OCC(=O)O[C@H](C)C(=O)NCCc2ccc(F)cc2)c1. The Balaban J connectivity index is 1.71. The molecule has 0 aliphatic rings. The summed E-state index contributed by atoms with van der Waals surface area (Å²) in [5.41, 5.74) is 2.97. The number of rotatable bonds is 8. The molecule has 0 aromatic heterocycles. The fraction of sp³-hybridized carbons (Fsp3) is 0.333. The van der Waals surface area contributed by atoms with Crippen molar-refractivity contribution in [1.29, 1.82) is 0 Å². The molecule has 0 radical (unpaired) electrons. The highest BCUT2D eigenvalue weighted by atomic mass is 19.1. The fourth-order valence-corrected chi connectivity index (χ4v) is 2.57. The van der Waals surface area contributed by atoms with Gasteiger partial charge in [-0.2, -0.15) is 0 Å². The largest absolute Gasteiger partial charge is 0.482 e. The van der Waals surface area contributed by atoms with E-state index < -0.39 is 18.0 Å². The number of amides is 1. The third-order valence-corrected chi connectivity index (χ3v) is 3.86. The number of carbonyl (C=O) groups is 2. The summed E-state index contributed by atoms with van der Waals surface area (Å²) in [6, 6.07) is 11.7. The summed E-state index contributed by atoms with van der Waals surface area (Å²) in [5.74, 6) is -0.723. The Kier molecular flexibility index (Phi) is 7.34. The summed E-state index contributed by atoms with van der Waals surface area (Å²) >= 11 is 0. The minimum atomic E-state index is -0.923. The van der Waals surface area contributed by atoms with Crippen LogP contribution in [0.4, 0.5) is 4.39 Å². The maximum atomic E-state index is 12.8. The number of carbonyl (C=O) groups excluding carboxylic acids is 2. The maximum absolute atomic E-state index is 12.8. The quantitative estimate of drug-likeness (QED) is 0.722. The number of esters is 1. The Morgan fingerprint density at radius 3 is 2.33 bits per heavy atom. The maximum Gasteiger partial charge on any atom is 0.344 e. The molecule has 144 valence electrons. The molecular formula is C21H24FNO4. The molecule has 0 saturated heterocycles. The number of aryl methyl sites for hydroxylation is 2. The molecule has 0 unspecified atom stereocenters. The minimum Gasteiger partial charge on any atom is -0.482 e. The van der Waals surface area contributed by atoms with E-state index in [1.807, 2.05) is 32.0 Å². The van der Waals surface area contributed by atoms with Crippen LogP contribution in [-0.4, -0.2) is 31.1 Å². The summed E-state index contributed by atoms with van der Waals surface area (Å²) in [7, 11) is 0. The molecule has 6 heteroatoms.